The molecule has 0 saturated heterocycles. The molecule has 150 valence electrons. The van der Waals surface area contributed by atoms with Crippen LogP contribution in [-0.2, 0) is 16.1 Å². The van der Waals surface area contributed by atoms with Crippen molar-refractivity contribution in [1.29, 1.82) is 0 Å². The zero-order valence-corrected chi connectivity index (χ0v) is 16.6. The molecule has 0 aliphatic heterocycles. The molecule has 2 aromatic rings. The third-order valence-corrected chi connectivity index (χ3v) is 4.55. The van der Waals surface area contributed by atoms with Gasteiger partial charge in [-0.05, 0) is 30.7 Å². The second kappa shape index (κ2) is 9.58. The van der Waals surface area contributed by atoms with Crippen LogP contribution in [-0.4, -0.2) is 32.1 Å². The molecule has 0 aliphatic rings. The summed E-state index contributed by atoms with van der Waals surface area (Å²) in [5, 5.41) is 4.73. The lowest BCUT2D eigenvalue weighted by molar-refractivity contribution is -0.114. The van der Waals surface area contributed by atoms with Gasteiger partial charge in [-0.1, -0.05) is 18.5 Å². The molecule has 11 heteroatoms. The van der Waals surface area contributed by atoms with E-state index in [-0.39, 0.29) is 34.7 Å². The van der Waals surface area contributed by atoms with Crippen molar-refractivity contribution in [3.63, 3.8) is 0 Å². The average Bonchev–Trinajstić information content (AvgIpc) is 2.61. The number of nitrogens with zero attached hydrogens (tertiary/aromatic N) is 2. The molecule has 1 aromatic heterocycles. The number of halogens is 2. The predicted octanol–water partition coefficient (Wildman–Crippen LogP) is 3.10. The lowest BCUT2D eigenvalue weighted by Crippen LogP contribution is -2.28. The van der Waals surface area contributed by atoms with Crippen LogP contribution in [0, 0.1) is 5.82 Å². The summed E-state index contributed by atoms with van der Waals surface area (Å²) in [5.41, 5.74) is -0.529. The van der Waals surface area contributed by atoms with E-state index < -0.39 is 28.6 Å². The van der Waals surface area contributed by atoms with Gasteiger partial charge in [0.1, 0.15) is 5.82 Å². The Morgan fingerprint density at radius 3 is 2.54 bits per heavy atom. The van der Waals surface area contributed by atoms with Crippen LogP contribution < -0.4 is 14.9 Å². The largest absolute Gasteiger partial charge is 0.755 e. The van der Waals surface area contributed by atoms with Crippen LogP contribution in [0.3, 0.4) is 0 Å². The van der Waals surface area contributed by atoms with Crippen LogP contribution in [0.4, 0.5) is 21.6 Å². The fraction of sp³-hybridized carbons (Fsp3) is 0.235. The maximum absolute atomic E-state index is 14.9. The van der Waals surface area contributed by atoms with Crippen LogP contribution in [0.1, 0.15) is 30.6 Å². The molecule has 0 bridgehead atoms. The molecule has 0 saturated carbocycles. The fourth-order valence-electron chi connectivity index (χ4n) is 2.34. The number of carbonyl (C=O) groups excluding carboxylic acids is 2. The highest BCUT2D eigenvalue weighted by molar-refractivity contribution is 7.80. The maximum atomic E-state index is 14.9. The Morgan fingerprint density at radius 2 is 2.00 bits per heavy atom. The zero-order valence-electron chi connectivity index (χ0n) is 15.0. The van der Waals surface area contributed by atoms with Gasteiger partial charge < -0.3 is 15.2 Å². The van der Waals surface area contributed by atoms with Gasteiger partial charge >= 0.3 is 0 Å². The van der Waals surface area contributed by atoms with Gasteiger partial charge in [0.05, 0.1) is 28.2 Å². The highest BCUT2D eigenvalue weighted by Gasteiger charge is 2.23. The van der Waals surface area contributed by atoms with Gasteiger partial charge in [0, 0.05) is 24.7 Å². The second-order valence-electron chi connectivity index (χ2n) is 5.64. The normalized spacial score (nSPS) is 11.6. The van der Waals surface area contributed by atoms with Crippen molar-refractivity contribution in [2.45, 2.75) is 20.3 Å². The van der Waals surface area contributed by atoms with E-state index in [1.807, 2.05) is 0 Å². The van der Waals surface area contributed by atoms with Gasteiger partial charge in [0.25, 0.3) is 5.91 Å². The quantitative estimate of drug-likeness (QED) is 0.659. The Bertz CT molecular complexity index is 911. The highest BCUT2D eigenvalue weighted by atomic mass is 35.5. The average molecular weight is 428 g/mol. The Labute approximate surface area is 168 Å². The topological polar surface area (TPSA) is 114 Å². The molecule has 1 unspecified atom stereocenters. The monoisotopic (exact) mass is 427 g/mol. The number of amides is 2. The van der Waals surface area contributed by atoms with E-state index in [1.54, 1.807) is 6.92 Å². The molecule has 28 heavy (non-hydrogen) atoms. The number of rotatable bonds is 7. The van der Waals surface area contributed by atoms with Gasteiger partial charge in [0.15, 0.2) is 5.82 Å². The van der Waals surface area contributed by atoms with Crippen LogP contribution in [0.15, 0.2) is 30.5 Å². The summed E-state index contributed by atoms with van der Waals surface area (Å²) in [7, 11) is 0. The van der Waals surface area contributed by atoms with Crippen molar-refractivity contribution in [2.24, 2.45) is 0 Å². The van der Waals surface area contributed by atoms with Gasteiger partial charge in [0.2, 0.25) is 5.91 Å². The van der Waals surface area contributed by atoms with Crippen molar-refractivity contribution in [1.82, 2.24) is 4.98 Å². The maximum Gasteiger partial charge on any atom is 0.260 e. The number of hydrogen-bond acceptors (Lipinski definition) is 5. The number of pyridine rings is 1. The molecule has 8 nitrogen and oxygen atoms in total. The van der Waals surface area contributed by atoms with Gasteiger partial charge in [-0.15, -0.1) is 0 Å². The number of benzene rings is 1. The molecule has 0 fully saturated rings. The smallest absolute Gasteiger partial charge is 0.260 e. The summed E-state index contributed by atoms with van der Waals surface area (Å²) in [4.78, 5) is 27.4. The minimum atomic E-state index is -2.71. The number of nitrogens with one attached hydrogen (secondary N) is 2. The van der Waals surface area contributed by atoms with E-state index in [1.165, 1.54) is 37.4 Å². The van der Waals surface area contributed by atoms with Crippen molar-refractivity contribution in [2.75, 3.05) is 21.5 Å². The third kappa shape index (κ3) is 5.24. The van der Waals surface area contributed by atoms with Gasteiger partial charge in [-0.2, -0.15) is 0 Å². The van der Waals surface area contributed by atoms with Crippen molar-refractivity contribution in [3.8, 4) is 0 Å². The lowest BCUT2D eigenvalue weighted by Gasteiger charge is -2.27. The van der Waals surface area contributed by atoms with E-state index >= 15 is 0 Å². The van der Waals surface area contributed by atoms with Gasteiger partial charge in [-0.25, -0.2) is 9.37 Å². The molecule has 0 aliphatic carbocycles. The molecule has 2 N–H and O–H groups in total. The minimum absolute atomic E-state index is 0.0459. The molecule has 1 atom stereocenters. The van der Waals surface area contributed by atoms with Crippen LogP contribution >= 0.6 is 11.6 Å². The summed E-state index contributed by atoms with van der Waals surface area (Å²) in [5.74, 6) is -1.94. The van der Waals surface area contributed by atoms with E-state index in [2.05, 4.69) is 15.6 Å². The number of hydrogen-bond donors (Lipinski definition) is 2. The summed E-state index contributed by atoms with van der Waals surface area (Å²) in [6.45, 7) is 3.11. The number of aromatic nitrogens is 1. The fourth-order valence-corrected chi connectivity index (χ4v) is 3.20. The first-order valence-electron chi connectivity index (χ1n) is 8.14. The van der Waals surface area contributed by atoms with E-state index in [4.69, 9.17) is 11.6 Å². The van der Waals surface area contributed by atoms with Crippen molar-refractivity contribution in [3.05, 3.63) is 46.9 Å². The Hall–Kier alpha value is -2.56. The Kier molecular flexibility index (Phi) is 7.44. The summed E-state index contributed by atoms with van der Waals surface area (Å²) < 4.78 is 38.5. The van der Waals surface area contributed by atoms with Crippen LogP contribution in [0.5, 0.6) is 0 Å². The minimum Gasteiger partial charge on any atom is -0.755 e. The first kappa shape index (κ1) is 21.7. The van der Waals surface area contributed by atoms with Crippen LogP contribution in [0.25, 0.3) is 0 Å². The van der Waals surface area contributed by atoms with E-state index in [0.29, 0.717) is 6.42 Å². The Morgan fingerprint density at radius 1 is 1.29 bits per heavy atom. The lowest BCUT2D eigenvalue weighted by atomic mass is 10.1. The van der Waals surface area contributed by atoms with E-state index in [9.17, 15) is 22.7 Å². The third-order valence-electron chi connectivity index (χ3n) is 3.50. The number of anilines is 3. The van der Waals surface area contributed by atoms with Crippen molar-refractivity contribution >= 4 is 51.9 Å². The second-order valence-corrected chi connectivity index (χ2v) is 6.92. The molecule has 1 aromatic carbocycles. The summed E-state index contributed by atoms with van der Waals surface area (Å²) >= 11 is 3.26. The molecular formula is C17H17ClFN4O4S-. The SMILES string of the molecule is CCCN(c1ccc(Cl)c(C(=O)Nc2ccc(NC(C)=O)nc2)c1F)S(=O)[O-]. The first-order chi connectivity index (χ1) is 13.2. The standard InChI is InChI=1S/C17H18ClFN4O4S/c1-3-8-23(28(26)27)13-6-5-12(18)15(16(13)19)17(25)22-11-4-7-14(20-9-11)21-10(2)24/h4-7,9H,3,8H2,1-2H3,(H,22,25)(H,26,27)(H,20,21,24)/p-1. The molecule has 0 radical (unpaired) electrons. The first-order valence-corrected chi connectivity index (χ1v) is 9.55. The van der Waals surface area contributed by atoms with E-state index in [0.717, 1.165) is 4.31 Å². The number of carbonyl (C=O) groups is 2. The molecule has 0 spiro atoms. The predicted molar refractivity (Wildman–Crippen MR) is 104 cm³/mol. The Balaban J connectivity index is 2.31. The highest BCUT2D eigenvalue weighted by Crippen LogP contribution is 2.30. The van der Waals surface area contributed by atoms with Gasteiger partial charge in [-0.3, -0.25) is 18.1 Å². The summed E-state index contributed by atoms with van der Waals surface area (Å²) in [6, 6.07) is 5.36. The molecular weight excluding hydrogens is 411 g/mol. The van der Waals surface area contributed by atoms with Crippen LogP contribution in [0.2, 0.25) is 5.02 Å². The van der Waals surface area contributed by atoms with Crippen molar-refractivity contribution < 1.29 is 22.7 Å². The zero-order chi connectivity index (χ0) is 20.8. The summed E-state index contributed by atoms with van der Waals surface area (Å²) in [6.07, 6.45) is 1.72. The molecule has 2 amide bonds. The molecule has 2 rings (SSSR count). The molecule has 1 heterocycles.